The summed E-state index contributed by atoms with van der Waals surface area (Å²) in [7, 11) is -0.914. The lowest BCUT2D eigenvalue weighted by Crippen LogP contribution is -2.27. The van der Waals surface area contributed by atoms with Gasteiger partial charge in [0.05, 0.1) is 25.3 Å². The van der Waals surface area contributed by atoms with Gasteiger partial charge in [-0.15, -0.1) is 5.10 Å². The third kappa shape index (κ3) is 7.61. The third-order valence-corrected chi connectivity index (χ3v) is 4.08. The summed E-state index contributed by atoms with van der Waals surface area (Å²) in [6, 6.07) is 11.3. The largest absolute Gasteiger partial charge is 0.493 e. The summed E-state index contributed by atoms with van der Waals surface area (Å²) in [5.41, 5.74) is 8.55. The quantitative estimate of drug-likeness (QED) is 0.250. The first-order valence-electron chi connectivity index (χ1n) is 7.74. The van der Waals surface area contributed by atoms with Crippen LogP contribution in [0.25, 0.3) is 0 Å². The van der Waals surface area contributed by atoms with Crippen molar-refractivity contribution in [3.8, 4) is 11.5 Å². The molecule has 0 bridgehead atoms. The van der Waals surface area contributed by atoms with Crippen LogP contribution in [0.3, 0.4) is 0 Å². The standard InChI is InChI=1S/C10H14N4O3.C7H8O3S/c1-16-8-4-3-7(5-9(8)17-2)6-12-13-10(11)14-15;1-6-2-4-7(5-3-6)11(8,9)10/h3-6,15H,1-2H3,(H3,11,13,14);2-5H,1H3,(H,8,9,10)/b12-6+;. The zero-order valence-electron chi connectivity index (χ0n) is 15.5. The maximum atomic E-state index is 10.5. The predicted octanol–water partition coefficient (Wildman–Crippen LogP) is 1.57. The van der Waals surface area contributed by atoms with Crippen molar-refractivity contribution in [3.05, 3.63) is 53.6 Å². The maximum absolute atomic E-state index is 10.5. The molecule has 28 heavy (non-hydrogen) atoms. The highest BCUT2D eigenvalue weighted by Gasteiger charge is 2.06. The van der Waals surface area contributed by atoms with Gasteiger partial charge in [-0.05, 0) is 42.8 Å². The first-order chi connectivity index (χ1) is 13.2. The fourth-order valence-electron chi connectivity index (χ4n) is 1.82. The minimum Gasteiger partial charge on any atom is -0.493 e. The summed E-state index contributed by atoms with van der Waals surface area (Å²) in [5.74, 6) is 1.03. The van der Waals surface area contributed by atoms with Gasteiger partial charge >= 0.3 is 0 Å². The van der Waals surface area contributed by atoms with Crippen LogP contribution in [0.5, 0.6) is 11.5 Å². The Morgan fingerprint density at radius 1 is 1.11 bits per heavy atom. The number of hydrogen-bond donors (Lipinski definition) is 4. The van der Waals surface area contributed by atoms with Crippen LogP contribution in [0.15, 0.2) is 57.6 Å². The highest BCUT2D eigenvalue weighted by Crippen LogP contribution is 2.26. The molecule has 11 heteroatoms. The monoisotopic (exact) mass is 410 g/mol. The number of benzene rings is 2. The molecule has 10 nitrogen and oxygen atoms in total. The van der Waals surface area contributed by atoms with Gasteiger partial charge in [0.1, 0.15) is 0 Å². The van der Waals surface area contributed by atoms with Gasteiger partial charge in [0.25, 0.3) is 10.1 Å². The summed E-state index contributed by atoms with van der Waals surface area (Å²) in [4.78, 5) is -0.0666. The lowest BCUT2D eigenvalue weighted by atomic mass is 10.2. The van der Waals surface area contributed by atoms with Crippen molar-refractivity contribution >= 4 is 22.3 Å². The molecule has 0 unspecified atom stereocenters. The summed E-state index contributed by atoms with van der Waals surface area (Å²) in [6.07, 6.45) is 1.46. The highest BCUT2D eigenvalue weighted by atomic mass is 32.2. The number of guanidine groups is 1. The van der Waals surface area contributed by atoms with Gasteiger partial charge in [0.2, 0.25) is 5.96 Å². The van der Waals surface area contributed by atoms with E-state index in [4.69, 9.17) is 25.0 Å². The maximum Gasteiger partial charge on any atom is 0.294 e. The SMILES string of the molecule is COc1ccc(/C=N/N=C(N)NO)cc1OC.Cc1ccc(S(=O)(=O)O)cc1. The Hall–Kier alpha value is -3.15. The van der Waals surface area contributed by atoms with Gasteiger partial charge in [0.15, 0.2) is 11.5 Å². The molecule has 0 saturated heterocycles. The fraction of sp³-hybridized carbons (Fsp3) is 0.176. The number of nitrogens with one attached hydrogen (secondary N) is 1. The van der Waals surface area contributed by atoms with Gasteiger partial charge in [0, 0.05) is 0 Å². The first-order valence-corrected chi connectivity index (χ1v) is 9.18. The smallest absolute Gasteiger partial charge is 0.294 e. The summed E-state index contributed by atoms with van der Waals surface area (Å²) < 4.78 is 39.8. The van der Waals surface area contributed by atoms with Crippen LogP contribution < -0.4 is 20.7 Å². The second kappa shape index (κ2) is 10.9. The number of rotatable bonds is 5. The van der Waals surface area contributed by atoms with Crippen molar-refractivity contribution in [1.82, 2.24) is 5.48 Å². The van der Waals surface area contributed by atoms with Gasteiger partial charge in [-0.3, -0.25) is 9.76 Å². The lowest BCUT2D eigenvalue weighted by Gasteiger charge is -2.07. The molecule has 0 amide bonds. The lowest BCUT2D eigenvalue weighted by molar-refractivity contribution is 0.232. The van der Waals surface area contributed by atoms with Crippen LogP contribution in [-0.2, 0) is 10.1 Å². The van der Waals surface area contributed by atoms with Crippen molar-refractivity contribution < 1.29 is 27.7 Å². The van der Waals surface area contributed by atoms with Gasteiger partial charge in [-0.25, -0.2) is 5.48 Å². The molecule has 0 heterocycles. The van der Waals surface area contributed by atoms with Gasteiger partial charge in [-0.1, -0.05) is 17.7 Å². The number of methoxy groups -OCH3 is 2. The van der Waals surface area contributed by atoms with Gasteiger partial charge in [-0.2, -0.15) is 13.5 Å². The van der Waals surface area contributed by atoms with Gasteiger partial charge < -0.3 is 15.2 Å². The first kappa shape index (κ1) is 22.9. The molecule has 0 aliphatic rings. The predicted molar refractivity (Wildman–Crippen MR) is 105 cm³/mol. The Balaban J connectivity index is 0.000000307. The minimum atomic E-state index is -4.02. The summed E-state index contributed by atoms with van der Waals surface area (Å²) in [6.45, 7) is 1.84. The van der Waals surface area contributed by atoms with Crippen LogP contribution in [0.2, 0.25) is 0 Å². The minimum absolute atomic E-state index is 0.0666. The second-order valence-electron chi connectivity index (χ2n) is 5.24. The average Bonchev–Trinajstić information content (AvgIpc) is 2.67. The van der Waals surface area contributed by atoms with E-state index in [1.807, 2.05) is 6.92 Å². The number of nitrogens with two attached hydrogens (primary N) is 1. The van der Waals surface area contributed by atoms with Crippen molar-refractivity contribution in [2.24, 2.45) is 15.9 Å². The molecular weight excluding hydrogens is 388 g/mol. The van der Waals surface area contributed by atoms with Crippen molar-refractivity contribution in [3.63, 3.8) is 0 Å². The molecule has 0 aliphatic heterocycles. The molecule has 0 radical (unpaired) electrons. The average molecular weight is 410 g/mol. The van der Waals surface area contributed by atoms with Crippen LogP contribution in [0.4, 0.5) is 0 Å². The Bertz CT molecular complexity index is 927. The Labute approximate surface area is 163 Å². The van der Waals surface area contributed by atoms with Crippen LogP contribution in [0.1, 0.15) is 11.1 Å². The molecule has 2 aromatic carbocycles. The molecule has 0 fully saturated rings. The highest BCUT2D eigenvalue weighted by molar-refractivity contribution is 7.85. The molecule has 2 rings (SSSR count). The molecule has 152 valence electrons. The number of hydrogen-bond acceptors (Lipinski definition) is 7. The normalized spacial score (nSPS) is 11.5. The summed E-state index contributed by atoms with van der Waals surface area (Å²) >= 11 is 0. The molecule has 0 aliphatic carbocycles. The van der Waals surface area contributed by atoms with E-state index in [1.54, 1.807) is 50.0 Å². The molecular formula is C17H22N4O6S. The zero-order chi connectivity index (χ0) is 21.2. The van der Waals surface area contributed by atoms with E-state index in [2.05, 4.69) is 10.2 Å². The van der Waals surface area contributed by atoms with E-state index < -0.39 is 10.1 Å². The molecule has 5 N–H and O–H groups in total. The Morgan fingerprint density at radius 3 is 2.21 bits per heavy atom. The van der Waals surface area contributed by atoms with E-state index in [1.165, 1.54) is 18.3 Å². The molecule has 0 saturated carbocycles. The van der Waals surface area contributed by atoms with E-state index in [0.717, 1.165) is 11.1 Å². The number of aryl methyl sites for hydroxylation is 1. The van der Waals surface area contributed by atoms with E-state index in [9.17, 15) is 8.42 Å². The molecule has 0 aromatic heterocycles. The van der Waals surface area contributed by atoms with Crippen molar-refractivity contribution in [2.75, 3.05) is 14.2 Å². The van der Waals surface area contributed by atoms with Crippen LogP contribution >= 0.6 is 0 Å². The summed E-state index contributed by atoms with van der Waals surface area (Å²) in [5, 5.41) is 15.5. The Kier molecular flexibility index (Phi) is 8.88. The topological polar surface area (TPSA) is 156 Å². The zero-order valence-corrected chi connectivity index (χ0v) is 16.3. The Morgan fingerprint density at radius 2 is 1.71 bits per heavy atom. The van der Waals surface area contributed by atoms with E-state index >= 15 is 0 Å². The molecule has 0 atom stereocenters. The van der Waals surface area contributed by atoms with Crippen molar-refractivity contribution in [2.45, 2.75) is 11.8 Å². The van der Waals surface area contributed by atoms with E-state index in [-0.39, 0.29) is 10.9 Å². The van der Waals surface area contributed by atoms with Crippen LogP contribution in [0, 0.1) is 6.92 Å². The third-order valence-electron chi connectivity index (χ3n) is 3.21. The van der Waals surface area contributed by atoms with Crippen molar-refractivity contribution in [1.29, 1.82) is 0 Å². The second-order valence-corrected chi connectivity index (χ2v) is 6.67. The number of ether oxygens (including phenoxy) is 2. The number of nitrogens with zero attached hydrogens (tertiary/aromatic N) is 2. The van der Waals surface area contributed by atoms with Crippen LogP contribution in [-0.4, -0.2) is 44.6 Å². The van der Waals surface area contributed by atoms with E-state index in [0.29, 0.717) is 11.5 Å². The number of hydroxylamine groups is 1. The molecule has 0 spiro atoms. The molecule has 2 aromatic rings. The fourth-order valence-corrected chi connectivity index (χ4v) is 2.30.